The Morgan fingerprint density at radius 1 is 1.16 bits per heavy atom. The topological polar surface area (TPSA) is 53.9 Å². The molecule has 37 heavy (non-hydrogen) atoms. The third-order valence-corrected chi connectivity index (χ3v) is 8.82. The van der Waals surface area contributed by atoms with Gasteiger partial charge in [-0.15, -0.1) is 0 Å². The summed E-state index contributed by atoms with van der Waals surface area (Å²) in [6.07, 6.45) is 2.92. The molecule has 190 valence electrons. The summed E-state index contributed by atoms with van der Waals surface area (Å²) in [5, 5.41) is 3.73. The van der Waals surface area contributed by atoms with E-state index in [1.165, 1.54) is 17.3 Å². The van der Waals surface area contributed by atoms with Gasteiger partial charge in [-0.3, -0.25) is 9.59 Å². The second-order valence-electron chi connectivity index (χ2n) is 9.79. The normalized spacial score (nSPS) is 21.1. The van der Waals surface area contributed by atoms with Crippen LogP contribution in [0.15, 0.2) is 82.6 Å². The molecule has 3 aromatic carbocycles. The number of benzene rings is 3. The van der Waals surface area contributed by atoms with Gasteiger partial charge in [0.05, 0.1) is 23.7 Å². The number of anilines is 1. The number of amides is 2. The zero-order valence-electron chi connectivity index (χ0n) is 21.0. The first-order chi connectivity index (χ1) is 17.9. The molecule has 2 N–H and O–H groups in total. The standard InChI is InChI=1S/C30H30ClN3O2S/c1-20(22-8-4-3-5-9-22)34-15-14-21(19-34)18-32-29(35)24-12-13-27-26(16-24)33(2)30(36)28(37-27)17-23-10-6-7-11-25(23)31/h3-13,16-17,20-21H,14-15,18-19H2,1-2H3,(H,32,35)/p+1. The van der Waals surface area contributed by atoms with Gasteiger partial charge in [-0.05, 0) is 42.8 Å². The van der Waals surface area contributed by atoms with E-state index in [0.29, 0.717) is 34.0 Å². The SMILES string of the molecule is CC(c1ccccc1)[NH+]1CCC(CNC(=O)c2ccc3c(c2)N(C)C(=O)C(=Cc2ccccc2Cl)S3)C1. The highest BCUT2D eigenvalue weighted by Crippen LogP contribution is 2.42. The Morgan fingerprint density at radius 3 is 2.70 bits per heavy atom. The Labute approximate surface area is 227 Å². The first kappa shape index (κ1) is 25.6. The van der Waals surface area contributed by atoms with Crippen molar-refractivity contribution >= 4 is 46.9 Å². The number of nitrogens with zero attached hydrogens (tertiary/aromatic N) is 1. The minimum atomic E-state index is -0.114. The fourth-order valence-electron chi connectivity index (χ4n) is 5.12. The third kappa shape index (κ3) is 5.61. The Morgan fingerprint density at radius 2 is 1.92 bits per heavy atom. The van der Waals surface area contributed by atoms with E-state index in [2.05, 4.69) is 42.6 Å². The zero-order chi connectivity index (χ0) is 25.9. The van der Waals surface area contributed by atoms with Crippen LogP contribution in [0.3, 0.4) is 0 Å². The van der Waals surface area contributed by atoms with E-state index in [9.17, 15) is 9.59 Å². The first-order valence-electron chi connectivity index (χ1n) is 12.6. The summed E-state index contributed by atoms with van der Waals surface area (Å²) in [5.74, 6) is 0.243. The van der Waals surface area contributed by atoms with Crippen LogP contribution in [-0.4, -0.2) is 38.5 Å². The van der Waals surface area contributed by atoms with E-state index in [1.807, 2.05) is 48.5 Å². The van der Waals surface area contributed by atoms with Crippen molar-refractivity contribution in [1.82, 2.24) is 5.32 Å². The molecule has 3 unspecified atom stereocenters. The van der Waals surface area contributed by atoms with Gasteiger partial charge in [-0.25, -0.2) is 0 Å². The number of hydrogen-bond acceptors (Lipinski definition) is 3. The molecule has 1 fully saturated rings. The average molecular weight is 533 g/mol. The van der Waals surface area contributed by atoms with Crippen LogP contribution in [0.4, 0.5) is 5.69 Å². The molecule has 0 bridgehead atoms. The van der Waals surface area contributed by atoms with Gasteiger partial charge in [-0.2, -0.15) is 0 Å². The Bertz CT molecular complexity index is 1340. The van der Waals surface area contributed by atoms with E-state index in [1.54, 1.807) is 16.8 Å². The summed E-state index contributed by atoms with van der Waals surface area (Å²) in [4.78, 5) is 30.8. The van der Waals surface area contributed by atoms with E-state index < -0.39 is 0 Å². The van der Waals surface area contributed by atoms with Crippen molar-refractivity contribution in [2.24, 2.45) is 5.92 Å². The monoisotopic (exact) mass is 532 g/mol. The first-order valence-corrected chi connectivity index (χ1v) is 13.8. The van der Waals surface area contributed by atoms with Gasteiger partial charge >= 0.3 is 0 Å². The molecule has 2 aliphatic rings. The molecule has 5 rings (SSSR count). The number of halogens is 1. The fraction of sp³-hybridized carbons (Fsp3) is 0.267. The molecule has 0 aliphatic carbocycles. The van der Waals surface area contributed by atoms with E-state index in [4.69, 9.17) is 11.6 Å². The van der Waals surface area contributed by atoms with Gasteiger partial charge in [0, 0.05) is 47.0 Å². The van der Waals surface area contributed by atoms with Gasteiger partial charge < -0.3 is 15.1 Å². The number of quaternary nitrogens is 1. The van der Waals surface area contributed by atoms with Crippen molar-refractivity contribution in [3.8, 4) is 0 Å². The van der Waals surface area contributed by atoms with Gasteiger partial charge in [0.15, 0.2) is 0 Å². The van der Waals surface area contributed by atoms with Crippen LogP contribution < -0.4 is 15.1 Å². The Hall–Kier alpha value is -3.06. The number of thioether (sulfide) groups is 1. The lowest BCUT2D eigenvalue weighted by Crippen LogP contribution is -3.10. The summed E-state index contributed by atoms with van der Waals surface area (Å²) in [6, 6.07) is 24.1. The molecule has 2 heterocycles. The van der Waals surface area contributed by atoms with Crippen LogP contribution in [0.5, 0.6) is 0 Å². The van der Waals surface area contributed by atoms with Crippen molar-refractivity contribution in [3.05, 3.63) is 99.4 Å². The van der Waals surface area contributed by atoms with Gasteiger partial charge in [-0.1, -0.05) is 71.9 Å². The summed E-state index contributed by atoms with van der Waals surface area (Å²) in [5.41, 5.74) is 3.47. The number of nitrogens with one attached hydrogen (secondary N) is 2. The molecular formula is C30H31ClN3O2S+. The van der Waals surface area contributed by atoms with Gasteiger partial charge in [0.25, 0.3) is 11.8 Å². The number of carbonyl (C=O) groups excluding carboxylic acids is 2. The maximum atomic E-state index is 13.1. The summed E-state index contributed by atoms with van der Waals surface area (Å²) in [7, 11) is 1.74. The molecule has 0 radical (unpaired) electrons. The van der Waals surface area contributed by atoms with E-state index >= 15 is 0 Å². The largest absolute Gasteiger partial charge is 0.352 e. The second kappa shape index (κ2) is 11.1. The molecule has 0 spiro atoms. The number of carbonyl (C=O) groups is 2. The average Bonchev–Trinajstić information content (AvgIpc) is 3.40. The van der Waals surface area contributed by atoms with Crippen LogP contribution >= 0.6 is 23.4 Å². The second-order valence-corrected chi connectivity index (χ2v) is 11.3. The van der Waals surface area contributed by atoms with Crippen molar-refractivity contribution in [2.45, 2.75) is 24.3 Å². The molecule has 2 aliphatic heterocycles. The fourth-order valence-corrected chi connectivity index (χ4v) is 6.39. The van der Waals surface area contributed by atoms with Crippen molar-refractivity contribution in [2.75, 3.05) is 31.6 Å². The molecule has 3 aromatic rings. The number of likely N-dealkylation sites (tertiary alicyclic amines) is 1. The van der Waals surface area contributed by atoms with Crippen molar-refractivity contribution in [1.29, 1.82) is 0 Å². The molecule has 1 saturated heterocycles. The zero-order valence-corrected chi connectivity index (χ0v) is 22.6. The lowest BCUT2D eigenvalue weighted by atomic mass is 10.1. The van der Waals surface area contributed by atoms with E-state index in [-0.39, 0.29) is 11.8 Å². The Balaban J connectivity index is 1.22. The number of likely N-dealkylation sites (N-methyl/N-ethyl adjacent to an activating group) is 1. The quantitative estimate of drug-likeness (QED) is 0.446. The number of hydrogen-bond donors (Lipinski definition) is 2. The molecule has 7 heteroatoms. The van der Waals surface area contributed by atoms with Gasteiger partial charge in [0.1, 0.15) is 6.04 Å². The van der Waals surface area contributed by atoms with Crippen LogP contribution in [0.2, 0.25) is 5.02 Å². The van der Waals surface area contributed by atoms with Crippen molar-refractivity contribution < 1.29 is 14.5 Å². The molecule has 3 atom stereocenters. The highest BCUT2D eigenvalue weighted by molar-refractivity contribution is 8.04. The van der Waals surface area contributed by atoms with Gasteiger partial charge in [0.2, 0.25) is 0 Å². The van der Waals surface area contributed by atoms with Crippen LogP contribution in [0, 0.1) is 5.92 Å². The third-order valence-electron chi connectivity index (χ3n) is 7.40. The minimum Gasteiger partial charge on any atom is -0.352 e. The lowest BCUT2D eigenvalue weighted by Gasteiger charge is -2.27. The predicted molar refractivity (Wildman–Crippen MR) is 151 cm³/mol. The summed E-state index contributed by atoms with van der Waals surface area (Å²) in [6.45, 7) is 5.11. The summed E-state index contributed by atoms with van der Waals surface area (Å²) >= 11 is 7.69. The smallest absolute Gasteiger partial charge is 0.264 e. The molecule has 0 aromatic heterocycles. The number of rotatable bonds is 6. The number of fused-ring (bicyclic) bond motifs is 1. The maximum absolute atomic E-state index is 13.1. The highest BCUT2D eigenvalue weighted by atomic mass is 35.5. The van der Waals surface area contributed by atoms with Crippen LogP contribution in [-0.2, 0) is 4.79 Å². The maximum Gasteiger partial charge on any atom is 0.264 e. The minimum absolute atomic E-state index is 0.101. The molecule has 0 saturated carbocycles. The predicted octanol–water partition coefficient (Wildman–Crippen LogP) is 4.85. The molecular weight excluding hydrogens is 502 g/mol. The van der Waals surface area contributed by atoms with Crippen LogP contribution in [0.1, 0.15) is 40.9 Å². The summed E-state index contributed by atoms with van der Waals surface area (Å²) < 4.78 is 0. The van der Waals surface area contributed by atoms with Crippen LogP contribution in [0.25, 0.3) is 6.08 Å². The highest BCUT2D eigenvalue weighted by Gasteiger charge is 2.31. The van der Waals surface area contributed by atoms with Crippen molar-refractivity contribution in [3.63, 3.8) is 0 Å². The van der Waals surface area contributed by atoms with E-state index in [0.717, 1.165) is 35.7 Å². The lowest BCUT2D eigenvalue weighted by molar-refractivity contribution is -0.919. The molecule has 2 amide bonds. The Kier molecular flexibility index (Phi) is 7.70. The molecule has 5 nitrogen and oxygen atoms in total.